The van der Waals surface area contributed by atoms with E-state index in [0.717, 1.165) is 31.2 Å². The fourth-order valence-electron chi connectivity index (χ4n) is 4.22. The predicted octanol–water partition coefficient (Wildman–Crippen LogP) is 4.24. The standard InChI is InChI=1S/C25H28N2O5/c1-16-22(24(28)32-19-10-6-7-11-19)23(27-25(29)26-16)18-12-13-20(21(14-18)30-2)31-15-17-8-4-3-5-9-17/h3-5,8-9,12-14,19,22-23H,1,6-7,10-11,15H2,2H3,(H2,26,27,29). The molecule has 0 radical (unpaired) electrons. The zero-order chi connectivity index (χ0) is 22.5. The third kappa shape index (κ3) is 4.88. The molecule has 1 aliphatic heterocycles. The maximum absolute atomic E-state index is 13.0. The summed E-state index contributed by atoms with van der Waals surface area (Å²) in [6.07, 6.45) is 3.79. The number of urea groups is 1. The van der Waals surface area contributed by atoms with Gasteiger partial charge < -0.3 is 24.8 Å². The number of carbonyl (C=O) groups is 2. The third-order valence-corrected chi connectivity index (χ3v) is 5.89. The Labute approximate surface area is 187 Å². The molecule has 4 rings (SSSR count). The normalized spacial score (nSPS) is 20.9. The molecule has 2 unspecified atom stereocenters. The van der Waals surface area contributed by atoms with Crippen molar-refractivity contribution in [2.75, 3.05) is 7.11 Å². The molecule has 7 heteroatoms. The fraction of sp³-hybridized carbons (Fsp3) is 0.360. The zero-order valence-corrected chi connectivity index (χ0v) is 18.1. The number of amides is 2. The lowest BCUT2D eigenvalue weighted by Gasteiger charge is -2.34. The van der Waals surface area contributed by atoms with Gasteiger partial charge in [-0.3, -0.25) is 4.79 Å². The first-order valence-corrected chi connectivity index (χ1v) is 10.9. The molecule has 168 valence electrons. The summed E-state index contributed by atoms with van der Waals surface area (Å²) in [6.45, 7) is 4.31. The number of esters is 1. The molecular formula is C25H28N2O5. The molecule has 0 aromatic heterocycles. The summed E-state index contributed by atoms with van der Waals surface area (Å²) in [5.41, 5.74) is 2.07. The highest BCUT2D eigenvalue weighted by atomic mass is 16.5. The van der Waals surface area contributed by atoms with Gasteiger partial charge in [-0.2, -0.15) is 0 Å². The van der Waals surface area contributed by atoms with E-state index in [4.69, 9.17) is 14.2 Å². The minimum absolute atomic E-state index is 0.0723. The number of hydrogen-bond donors (Lipinski definition) is 2. The van der Waals surface area contributed by atoms with Gasteiger partial charge in [0.15, 0.2) is 11.5 Å². The number of methoxy groups -OCH3 is 1. The molecule has 2 fully saturated rings. The Kier molecular flexibility index (Phi) is 6.63. The second kappa shape index (κ2) is 9.77. The molecule has 2 aromatic carbocycles. The van der Waals surface area contributed by atoms with Gasteiger partial charge in [-0.05, 0) is 48.9 Å². The summed E-state index contributed by atoms with van der Waals surface area (Å²) in [7, 11) is 1.56. The van der Waals surface area contributed by atoms with Gasteiger partial charge in [0, 0.05) is 5.70 Å². The summed E-state index contributed by atoms with van der Waals surface area (Å²) in [6, 6.07) is 14.2. The first kappa shape index (κ1) is 21.7. The quantitative estimate of drug-likeness (QED) is 0.634. The minimum atomic E-state index is -0.742. The number of hydrogen-bond acceptors (Lipinski definition) is 5. The summed E-state index contributed by atoms with van der Waals surface area (Å²) in [4.78, 5) is 25.2. The highest BCUT2D eigenvalue weighted by Crippen LogP contribution is 2.37. The second-order valence-corrected chi connectivity index (χ2v) is 8.11. The Balaban J connectivity index is 1.55. The van der Waals surface area contributed by atoms with Gasteiger partial charge in [0.2, 0.25) is 0 Å². The number of ether oxygens (including phenoxy) is 3. The van der Waals surface area contributed by atoms with E-state index in [-0.39, 0.29) is 12.1 Å². The monoisotopic (exact) mass is 436 g/mol. The molecule has 2 atom stereocenters. The maximum Gasteiger partial charge on any atom is 0.319 e. The number of benzene rings is 2. The van der Waals surface area contributed by atoms with Crippen molar-refractivity contribution in [3.8, 4) is 11.5 Å². The van der Waals surface area contributed by atoms with E-state index in [9.17, 15) is 9.59 Å². The molecule has 0 spiro atoms. The Morgan fingerprint density at radius 3 is 2.56 bits per heavy atom. The van der Waals surface area contributed by atoms with E-state index in [0.29, 0.717) is 29.4 Å². The molecule has 2 aromatic rings. The van der Waals surface area contributed by atoms with Gasteiger partial charge in [-0.15, -0.1) is 0 Å². The van der Waals surface area contributed by atoms with Crippen LogP contribution in [-0.2, 0) is 16.1 Å². The van der Waals surface area contributed by atoms with E-state index < -0.39 is 18.0 Å². The smallest absolute Gasteiger partial charge is 0.319 e. The summed E-state index contributed by atoms with van der Waals surface area (Å²) < 4.78 is 17.2. The molecule has 1 saturated heterocycles. The van der Waals surface area contributed by atoms with Crippen LogP contribution in [0.25, 0.3) is 0 Å². The van der Waals surface area contributed by atoms with Gasteiger partial charge in [0.05, 0.1) is 13.2 Å². The van der Waals surface area contributed by atoms with Crippen molar-refractivity contribution >= 4 is 12.0 Å². The largest absolute Gasteiger partial charge is 0.493 e. The highest BCUT2D eigenvalue weighted by molar-refractivity contribution is 5.85. The van der Waals surface area contributed by atoms with Crippen LogP contribution in [0.1, 0.15) is 42.9 Å². The molecule has 0 bridgehead atoms. The lowest BCUT2D eigenvalue weighted by Crippen LogP contribution is -2.51. The van der Waals surface area contributed by atoms with E-state index in [1.807, 2.05) is 36.4 Å². The van der Waals surface area contributed by atoms with Crippen LogP contribution >= 0.6 is 0 Å². The predicted molar refractivity (Wildman–Crippen MR) is 119 cm³/mol. The molecule has 2 aliphatic rings. The van der Waals surface area contributed by atoms with Crippen LogP contribution in [0.2, 0.25) is 0 Å². The molecule has 1 heterocycles. The van der Waals surface area contributed by atoms with Crippen LogP contribution in [0.4, 0.5) is 4.79 Å². The van der Waals surface area contributed by atoms with Crippen LogP contribution in [0, 0.1) is 5.92 Å². The van der Waals surface area contributed by atoms with Crippen molar-refractivity contribution in [2.24, 2.45) is 5.92 Å². The number of nitrogens with one attached hydrogen (secondary N) is 2. The van der Waals surface area contributed by atoms with Crippen LogP contribution < -0.4 is 20.1 Å². The summed E-state index contributed by atoms with van der Waals surface area (Å²) >= 11 is 0. The molecule has 32 heavy (non-hydrogen) atoms. The molecule has 2 N–H and O–H groups in total. The summed E-state index contributed by atoms with van der Waals surface area (Å²) in [5, 5.41) is 5.45. The highest BCUT2D eigenvalue weighted by Gasteiger charge is 2.40. The fourth-order valence-corrected chi connectivity index (χ4v) is 4.22. The zero-order valence-electron chi connectivity index (χ0n) is 18.1. The van der Waals surface area contributed by atoms with Crippen molar-refractivity contribution in [1.82, 2.24) is 10.6 Å². The molecular weight excluding hydrogens is 408 g/mol. The average molecular weight is 437 g/mol. The van der Waals surface area contributed by atoms with Crippen molar-refractivity contribution in [3.05, 3.63) is 71.9 Å². The van der Waals surface area contributed by atoms with E-state index >= 15 is 0 Å². The van der Waals surface area contributed by atoms with Gasteiger partial charge in [0.1, 0.15) is 18.6 Å². The van der Waals surface area contributed by atoms with Crippen molar-refractivity contribution in [3.63, 3.8) is 0 Å². The molecule has 1 aliphatic carbocycles. The Bertz CT molecular complexity index is 985. The first-order valence-electron chi connectivity index (χ1n) is 10.9. The van der Waals surface area contributed by atoms with E-state index in [1.165, 1.54) is 0 Å². The topological polar surface area (TPSA) is 85.9 Å². The van der Waals surface area contributed by atoms with Gasteiger partial charge in [-0.25, -0.2) is 4.79 Å². The molecule has 7 nitrogen and oxygen atoms in total. The second-order valence-electron chi connectivity index (χ2n) is 8.11. The van der Waals surface area contributed by atoms with Crippen LogP contribution in [-0.4, -0.2) is 25.2 Å². The Morgan fingerprint density at radius 2 is 1.84 bits per heavy atom. The first-order chi connectivity index (χ1) is 15.5. The maximum atomic E-state index is 13.0. The van der Waals surface area contributed by atoms with E-state index in [2.05, 4.69) is 17.2 Å². The van der Waals surface area contributed by atoms with Gasteiger partial charge >= 0.3 is 12.0 Å². The number of rotatable bonds is 7. The van der Waals surface area contributed by atoms with Crippen LogP contribution in [0.3, 0.4) is 0 Å². The van der Waals surface area contributed by atoms with Crippen LogP contribution in [0.15, 0.2) is 60.8 Å². The Hall–Kier alpha value is -3.48. The van der Waals surface area contributed by atoms with Gasteiger partial charge in [-0.1, -0.05) is 43.0 Å². The van der Waals surface area contributed by atoms with E-state index in [1.54, 1.807) is 19.2 Å². The third-order valence-electron chi connectivity index (χ3n) is 5.89. The SMILES string of the molecule is C=C1NC(=O)NC(c2ccc(OCc3ccccc3)c(OC)c2)C1C(=O)OC1CCCC1. The molecule has 1 saturated carbocycles. The van der Waals surface area contributed by atoms with Crippen LogP contribution in [0.5, 0.6) is 11.5 Å². The number of carbonyl (C=O) groups excluding carboxylic acids is 2. The van der Waals surface area contributed by atoms with Crippen molar-refractivity contribution in [1.29, 1.82) is 0 Å². The van der Waals surface area contributed by atoms with Crippen molar-refractivity contribution < 1.29 is 23.8 Å². The summed E-state index contributed by atoms with van der Waals surface area (Å²) in [5.74, 6) is -0.0409. The average Bonchev–Trinajstić information content (AvgIpc) is 3.30. The molecule has 2 amide bonds. The lowest BCUT2D eigenvalue weighted by atomic mass is 9.88. The van der Waals surface area contributed by atoms with Gasteiger partial charge in [0.25, 0.3) is 0 Å². The lowest BCUT2D eigenvalue weighted by molar-refractivity contribution is -0.153. The minimum Gasteiger partial charge on any atom is -0.493 e. The Morgan fingerprint density at radius 1 is 1.09 bits per heavy atom. The van der Waals surface area contributed by atoms with Crippen molar-refractivity contribution in [2.45, 2.75) is 44.4 Å².